The van der Waals surface area contributed by atoms with Crippen LogP contribution in [0.4, 0.5) is 0 Å². The number of thioether (sulfide) groups is 1. The van der Waals surface area contributed by atoms with Crippen LogP contribution in [0.5, 0.6) is 0 Å². The molecular weight excluding hydrogens is 1270 g/mol. The lowest BCUT2D eigenvalue weighted by atomic mass is 9.92. The Kier molecular flexibility index (Phi) is 38.8. The van der Waals surface area contributed by atoms with E-state index in [1.54, 1.807) is 48.5 Å². The molecule has 0 aromatic carbocycles. The van der Waals surface area contributed by atoms with Crippen LogP contribution in [-0.4, -0.2) is 245 Å². The van der Waals surface area contributed by atoms with E-state index in [0.29, 0.717) is 19.4 Å². The third-order valence-electron chi connectivity index (χ3n) is 18.8. The Bertz CT molecular complexity index is 2640. The summed E-state index contributed by atoms with van der Waals surface area (Å²) >= 11 is 1.23. The first-order valence-electron chi connectivity index (χ1n) is 35.8. The van der Waals surface area contributed by atoms with Crippen molar-refractivity contribution >= 4 is 82.7 Å². The van der Waals surface area contributed by atoms with Gasteiger partial charge in [-0.05, 0) is 113 Å². The number of hydrogen-bond acceptors (Lipinski definition) is 15. The standard InChI is InChI=1S/C72H132N12O13S/c1-27-51-66(91)83(24)57(41-98-72(17,18)40-58(85)97-26)69(94)79(20)54(37-44(6)7)64(89)77-59(46(10)11)70(95)80(21)53(36-43(4)5)62(87)74-49(15)61(86)75-50(16)65(90)82(23)56(38-45(8)9)68(93)78(19)52(34-33-42(2)3)67(92)84(25)60(47(12)13)71(96)81(22)55(63(88)76-51)39-48(14)32-30-28-29-31-35-73/h42-57,59-60H,27-41,73H2,1-26H3,(H,74,87)(H,75,86)(H,76,88)(H,77,89)/t48-,49-,50+,51+,52+,53-,54+,55+,56+,57-,59-,60+/m1/s1. The molecule has 1 heterocycles. The molecule has 1 saturated heterocycles. The predicted octanol–water partition coefficient (Wildman–Crippen LogP) is 6.07. The highest BCUT2D eigenvalue weighted by atomic mass is 32.2. The number of nitrogens with two attached hydrogens (primary N) is 1. The average molecular weight is 1410 g/mol. The Morgan fingerprint density at radius 3 is 1.39 bits per heavy atom. The first-order chi connectivity index (χ1) is 45.3. The van der Waals surface area contributed by atoms with Gasteiger partial charge in [-0.25, -0.2) is 0 Å². The minimum Gasteiger partial charge on any atom is -0.469 e. The van der Waals surface area contributed by atoms with Gasteiger partial charge in [-0.2, -0.15) is 11.8 Å². The molecule has 12 atom stereocenters. The zero-order valence-corrected chi connectivity index (χ0v) is 65.7. The molecule has 1 aliphatic rings. The SMILES string of the molecule is CC[C@@H]1NC(=O)[C@H](C[C@H](C)CCCCCCN)N(C)C(=O)[C@H](C(C)C)N(C)C(=O)[C@H](CCC(C)C)N(C)C(=O)[C@H](CC(C)C)N(C)C(=O)[C@H](C)NC(=O)[C@@H](C)NC(=O)[C@@H](CC(C)C)N(C)C(=O)[C@@H](C(C)C)NC(=O)[C@H](CC(C)C)N(C)C(=O)[C@@H](CSC(C)(C)CC(=O)OC)N(C)C1=O. The van der Waals surface area contributed by atoms with Gasteiger partial charge < -0.3 is 66.0 Å². The second kappa shape index (κ2) is 42.3. The van der Waals surface area contributed by atoms with Crippen LogP contribution in [-0.2, 0) is 62.3 Å². The number of hydrogen-bond donors (Lipinski definition) is 5. The van der Waals surface area contributed by atoms with Crippen molar-refractivity contribution in [1.29, 1.82) is 0 Å². The van der Waals surface area contributed by atoms with Crippen molar-refractivity contribution in [1.82, 2.24) is 55.6 Å². The number of amides is 11. The van der Waals surface area contributed by atoms with E-state index in [0.717, 1.165) is 25.7 Å². The topological polar surface area (TPSA) is 311 Å². The third-order valence-corrected chi connectivity index (χ3v) is 20.3. The monoisotopic (exact) mass is 1400 g/mol. The van der Waals surface area contributed by atoms with Crippen molar-refractivity contribution in [2.75, 3.05) is 68.7 Å². The van der Waals surface area contributed by atoms with E-state index < -0.39 is 154 Å². The maximum atomic E-state index is 15.5. The van der Waals surface area contributed by atoms with E-state index in [9.17, 15) is 24.0 Å². The van der Waals surface area contributed by atoms with Gasteiger partial charge in [-0.3, -0.25) is 57.5 Å². The van der Waals surface area contributed by atoms with Crippen molar-refractivity contribution in [2.24, 2.45) is 47.2 Å². The molecule has 0 unspecified atom stereocenters. The van der Waals surface area contributed by atoms with E-state index in [-0.39, 0.29) is 80.3 Å². The average Bonchev–Trinajstić information content (AvgIpc) is 0.817. The molecular formula is C72H132N12O13S. The van der Waals surface area contributed by atoms with Gasteiger partial charge in [-0.1, -0.05) is 136 Å². The molecule has 1 aliphatic heterocycles. The normalized spacial score (nSPS) is 25.4. The van der Waals surface area contributed by atoms with Crippen molar-refractivity contribution in [3.8, 4) is 0 Å². The molecule has 0 aliphatic carbocycles. The largest absolute Gasteiger partial charge is 0.469 e. The molecule has 0 aromatic rings. The highest BCUT2D eigenvalue weighted by molar-refractivity contribution is 8.00. The van der Waals surface area contributed by atoms with Crippen LogP contribution >= 0.6 is 11.8 Å². The lowest BCUT2D eigenvalue weighted by Gasteiger charge is -2.41. The molecule has 0 spiro atoms. The summed E-state index contributed by atoms with van der Waals surface area (Å²) in [5.74, 6) is -9.24. The summed E-state index contributed by atoms with van der Waals surface area (Å²) < 4.78 is 4.17. The zero-order valence-electron chi connectivity index (χ0n) is 64.9. The van der Waals surface area contributed by atoms with Crippen LogP contribution in [0.2, 0.25) is 0 Å². The Hall–Kier alpha value is -6.05. The number of unbranched alkanes of at least 4 members (excludes halogenated alkanes) is 3. The molecule has 25 nitrogen and oxygen atoms in total. The van der Waals surface area contributed by atoms with E-state index in [4.69, 9.17) is 10.5 Å². The first kappa shape index (κ1) is 90.0. The molecule has 26 heteroatoms. The Balaban J connectivity index is 4.60. The molecule has 1 rings (SSSR count). The fourth-order valence-electron chi connectivity index (χ4n) is 12.5. The van der Waals surface area contributed by atoms with Gasteiger partial charge in [0.1, 0.15) is 66.5 Å². The van der Waals surface area contributed by atoms with Gasteiger partial charge in [0.25, 0.3) is 0 Å². The molecule has 564 valence electrons. The first-order valence-corrected chi connectivity index (χ1v) is 36.8. The smallest absolute Gasteiger partial charge is 0.306 e. The van der Waals surface area contributed by atoms with Crippen molar-refractivity contribution in [3.05, 3.63) is 0 Å². The van der Waals surface area contributed by atoms with Crippen LogP contribution in [0.15, 0.2) is 0 Å². The van der Waals surface area contributed by atoms with Crippen molar-refractivity contribution in [3.63, 3.8) is 0 Å². The van der Waals surface area contributed by atoms with Crippen LogP contribution in [0.25, 0.3) is 0 Å². The molecule has 11 amide bonds. The predicted molar refractivity (Wildman–Crippen MR) is 386 cm³/mol. The Labute approximate surface area is 593 Å². The van der Waals surface area contributed by atoms with Gasteiger partial charge in [0.2, 0.25) is 65.0 Å². The fourth-order valence-corrected chi connectivity index (χ4v) is 13.7. The molecule has 0 bridgehead atoms. The number of likely N-dealkylation sites (N-methyl/N-ethyl adjacent to an activating group) is 7. The fraction of sp³-hybridized carbons (Fsp3) is 0.833. The summed E-state index contributed by atoms with van der Waals surface area (Å²) in [6.45, 7) is 33.0. The lowest BCUT2D eigenvalue weighted by Crippen LogP contribution is -2.62. The quantitative estimate of drug-likeness (QED) is 0.0511. The van der Waals surface area contributed by atoms with Crippen LogP contribution < -0.4 is 27.0 Å². The molecule has 1 fully saturated rings. The van der Waals surface area contributed by atoms with Gasteiger partial charge in [0.05, 0.1) is 13.5 Å². The van der Waals surface area contributed by atoms with Gasteiger partial charge in [0, 0.05) is 59.8 Å². The highest BCUT2D eigenvalue weighted by Crippen LogP contribution is 2.32. The molecule has 6 N–H and O–H groups in total. The number of ether oxygens (including phenoxy) is 1. The van der Waals surface area contributed by atoms with Crippen molar-refractivity contribution < 1.29 is 62.3 Å². The number of carbonyl (C=O) groups is 12. The molecule has 0 radical (unpaired) electrons. The summed E-state index contributed by atoms with van der Waals surface area (Å²) in [5.41, 5.74) is 5.81. The van der Waals surface area contributed by atoms with E-state index in [1.165, 1.54) is 116 Å². The van der Waals surface area contributed by atoms with Gasteiger partial charge in [0.15, 0.2) is 0 Å². The second-order valence-electron chi connectivity index (χ2n) is 30.6. The third kappa shape index (κ3) is 27.5. The summed E-state index contributed by atoms with van der Waals surface area (Å²) in [4.78, 5) is 187. The number of esters is 1. The maximum Gasteiger partial charge on any atom is 0.306 e. The Morgan fingerprint density at radius 1 is 0.469 bits per heavy atom. The number of nitrogens with zero attached hydrogens (tertiary/aromatic N) is 7. The maximum absolute atomic E-state index is 15.5. The molecule has 0 aromatic heterocycles. The van der Waals surface area contributed by atoms with Crippen molar-refractivity contribution in [2.45, 2.75) is 279 Å². The number of carbonyl (C=O) groups excluding carboxylic acids is 12. The number of nitrogens with one attached hydrogen (secondary N) is 4. The summed E-state index contributed by atoms with van der Waals surface area (Å²) in [7, 11) is 11.6. The summed E-state index contributed by atoms with van der Waals surface area (Å²) in [6.07, 6.45) is 5.45. The minimum absolute atomic E-state index is 0.0375. The van der Waals surface area contributed by atoms with Crippen LogP contribution in [0, 0.1) is 41.4 Å². The minimum atomic E-state index is -1.32. The van der Waals surface area contributed by atoms with Gasteiger partial charge >= 0.3 is 5.97 Å². The number of rotatable bonds is 25. The zero-order chi connectivity index (χ0) is 75.7. The molecule has 98 heavy (non-hydrogen) atoms. The Morgan fingerprint density at radius 2 is 0.898 bits per heavy atom. The lowest BCUT2D eigenvalue weighted by molar-refractivity contribution is -0.156. The number of methoxy groups -OCH3 is 1. The summed E-state index contributed by atoms with van der Waals surface area (Å²) in [6, 6.07) is -13.3. The van der Waals surface area contributed by atoms with Gasteiger partial charge in [-0.15, -0.1) is 0 Å². The molecule has 0 saturated carbocycles. The van der Waals surface area contributed by atoms with E-state index in [2.05, 4.69) is 21.3 Å². The van der Waals surface area contributed by atoms with E-state index >= 15 is 33.6 Å². The van der Waals surface area contributed by atoms with Crippen LogP contribution in [0.3, 0.4) is 0 Å². The van der Waals surface area contributed by atoms with E-state index in [1.807, 2.05) is 62.3 Å². The second-order valence-corrected chi connectivity index (χ2v) is 32.3. The van der Waals surface area contributed by atoms with Crippen LogP contribution in [0.1, 0.15) is 208 Å². The highest BCUT2D eigenvalue weighted by Gasteiger charge is 2.45. The summed E-state index contributed by atoms with van der Waals surface area (Å²) in [5, 5.41) is 11.3.